The maximum absolute atomic E-state index is 5.47. The first-order valence-corrected chi connectivity index (χ1v) is 6.14. The van der Waals surface area contributed by atoms with Crippen molar-refractivity contribution in [3.8, 4) is 0 Å². The predicted molar refractivity (Wildman–Crippen MR) is 67.0 cm³/mol. The van der Waals surface area contributed by atoms with E-state index in [0.29, 0.717) is 11.8 Å². The Balaban J connectivity index is 2.13. The minimum atomic E-state index is 0.706. The summed E-state index contributed by atoms with van der Waals surface area (Å²) in [5.74, 6) is 3.07. The standard InChI is InChI=1S/C14H24O2/c1-11(2)15-9-13-5-7-14(8-6-13)10-16-12(3)4/h13-14H,1,3,5-10H2,2,4H3/t13-,14-. The largest absolute Gasteiger partial charge is 0.499 e. The molecule has 0 radical (unpaired) electrons. The van der Waals surface area contributed by atoms with Crippen molar-refractivity contribution < 1.29 is 9.47 Å². The summed E-state index contributed by atoms with van der Waals surface area (Å²) in [4.78, 5) is 0. The van der Waals surface area contributed by atoms with Crippen LogP contribution in [0.4, 0.5) is 0 Å². The van der Waals surface area contributed by atoms with Crippen molar-refractivity contribution in [3.05, 3.63) is 24.7 Å². The summed E-state index contributed by atoms with van der Waals surface area (Å²) < 4.78 is 10.9. The van der Waals surface area contributed by atoms with E-state index in [4.69, 9.17) is 9.47 Å². The maximum Gasteiger partial charge on any atom is 0.0905 e. The van der Waals surface area contributed by atoms with E-state index < -0.39 is 0 Å². The number of ether oxygens (including phenoxy) is 2. The zero-order chi connectivity index (χ0) is 12.0. The Hall–Kier alpha value is -0.920. The van der Waals surface area contributed by atoms with Crippen molar-refractivity contribution in [3.63, 3.8) is 0 Å². The van der Waals surface area contributed by atoms with E-state index in [1.54, 1.807) is 0 Å². The lowest BCUT2D eigenvalue weighted by Gasteiger charge is -2.28. The molecule has 16 heavy (non-hydrogen) atoms. The summed E-state index contributed by atoms with van der Waals surface area (Å²) in [5, 5.41) is 0. The Kier molecular flexibility index (Phi) is 5.44. The predicted octanol–water partition coefficient (Wildman–Crippen LogP) is 3.89. The molecule has 92 valence electrons. The minimum Gasteiger partial charge on any atom is -0.499 e. The lowest BCUT2D eigenvalue weighted by Crippen LogP contribution is -2.21. The molecule has 0 saturated heterocycles. The Labute approximate surface area is 99.3 Å². The molecule has 0 aromatic heterocycles. The number of hydrogen-bond donors (Lipinski definition) is 0. The summed E-state index contributed by atoms with van der Waals surface area (Å²) in [7, 11) is 0. The van der Waals surface area contributed by atoms with E-state index >= 15 is 0 Å². The molecule has 0 aliphatic heterocycles. The van der Waals surface area contributed by atoms with Crippen molar-refractivity contribution in [2.45, 2.75) is 39.5 Å². The van der Waals surface area contributed by atoms with E-state index in [2.05, 4.69) is 13.2 Å². The first kappa shape index (κ1) is 13.1. The fraction of sp³-hybridized carbons (Fsp3) is 0.714. The third-order valence-electron chi connectivity index (χ3n) is 3.10. The highest BCUT2D eigenvalue weighted by Gasteiger charge is 2.21. The summed E-state index contributed by atoms with van der Waals surface area (Å²) in [6.45, 7) is 13.0. The second kappa shape index (κ2) is 6.62. The van der Waals surface area contributed by atoms with E-state index in [1.165, 1.54) is 25.7 Å². The van der Waals surface area contributed by atoms with Gasteiger partial charge in [0.1, 0.15) is 0 Å². The number of rotatable bonds is 6. The van der Waals surface area contributed by atoms with Gasteiger partial charge in [0.25, 0.3) is 0 Å². The Morgan fingerprint density at radius 3 is 1.44 bits per heavy atom. The van der Waals surface area contributed by atoms with Crippen LogP contribution < -0.4 is 0 Å². The van der Waals surface area contributed by atoms with E-state index in [1.807, 2.05) is 13.8 Å². The van der Waals surface area contributed by atoms with Gasteiger partial charge in [-0.05, 0) is 51.4 Å². The average molecular weight is 224 g/mol. The van der Waals surface area contributed by atoms with Gasteiger partial charge in [0, 0.05) is 0 Å². The first-order valence-electron chi connectivity index (χ1n) is 6.14. The molecule has 0 heterocycles. The van der Waals surface area contributed by atoms with Crippen molar-refractivity contribution in [1.82, 2.24) is 0 Å². The van der Waals surface area contributed by atoms with Gasteiger partial charge >= 0.3 is 0 Å². The van der Waals surface area contributed by atoms with Gasteiger partial charge < -0.3 is 9.47 Å². The zero-order valence-corrected chi connectivity index (χ0v) is 10.6. The quantitative estimate of drug-likeness (QED) is 0.637. The third kappa shape index (κ3) is 5.24. The van der Waals surface area contributed by atoms with Crippen LogP contribution in [0.2, 0.25) is 0 Å². The zero-order valence-electron chi connectivity index (χ0n) is 10.6. The summed E-state index contributed by atoms with van der Waals surface area (Å²) in [6.07, 6.45) is 4.99. The van der Waals surface area contributed by atoms with Gasteiger partial charge in [0.05, 0.1) is 24.7 Å². The van der Waals surface area contributed by atoms with Gasteiger partial charge in [0.2, 0.25) is 0 Å². The molecule has 0 unspecified atom stereocenters. The highest BCUT2D eigenvalue weighted by atomic mass is 16.5. The fourth-order valence-electron chi connectivity index (χ4n) is 2.09. The van der Waals surface area contributed by atoms with Crippen LogP contribution in [-0.2, 0) is 9.47 Å². The van der Waals surface area contributed by atoms with Crippen LogP contribution >= 0.6 is 0 Å². The molecule has 0 spiro atoms. The second-order valence-electron chi connectivity index (χ2n) is 4.91. The number of allylic oxidation sites excluding steroid dienone is 2. The van der Waals surface area contributed by atoms with Gasteiger partial charge in [-0.15, -0.1) is 0 Å². The molecule has 0 bridgehead atoms. The minimum absolute atomic E-state index is 0.706. The SMILES string of the molecule is C=C(C)OC[C@H]1CC[C@H](COC(=C)C)CC1. The highest BCUT2D eigenvalue weighted by Crippen LogP contribution is 2.29. The average Bonchev–Trinajstić information content (AvgIpc) is 2.25. The molecule has 1 fully saturated rings. The van der Waals surface area contributed by atoms with E-state index in [9.17, 15) is 0 Å². The van der Waals surface area contributed by atoms with E-state index in [0.717, 1.165) is 24.7 Å². The summed E-state index contributed by atoms with van der Waals surface area (Å²) in [6, 6.07) is 0. The van der Waals surface area contributed by atoms with Gasteiger partial charge in [-0.25, -0.2) is 0 Å². The summed E-state index contributed by atoms with van der Waals surface area (Å²) >= 11 is 0. The van der Waals surface area contributed by atoms with Crippen LogP contribution in [0.3, 0.4) is 0 Å². The smallest absolute Gasteiger partial charge is 0.0905 e. The Morgan fingerprint density at radius 2 is 1.19 bits per heavy atom. The monoisotopic (exact) mass is 224 g/mol. The first-order chi connectivity index (χ1) is 7.58. The summed E-state index contributed by atoms with van der Waals surface area (Å²) in [5.41, 5.74) is 0. The fourth-order valence-corrected chi connectivity index (χ4v) is 2.09. The van der Waals surface area contributed by atoms with Crippen molar-refractivity contribution in [1.29, 1.82) is 0 Å². The van der Waals surface area contributed by atoms with Crippen LogP contribution in [-0.4, -0.2) is 13.2 Å². The second-order valence-corrected chi connectivity index (χ2v) is 4.91. The van der Waals surface area contributed by atoms with Gasteiger partial charge in [0.15, 0.2) is 0 Å². The molecule has 1 aliphatic carbocycles. The molecule has 1 aliphatic rings. The van der Waals surface area contributed by atoms with Crippen LogP contribution in [0.1, 0.15) is 39.5 Å². The molecule has 0 aromatic carbocycles. The van der Waals surface area contributed by atoms with Crippen molar-refractivity contribution in [2.75, 3.05) is 13.2 Å². The molecule has 0 amide bonds. The van der Waals surface area contributed by atoms with Gasteiger partial charge in [-0.1, -0.05) is 13.2 Å². The third-order valence-corrected chi connectivity index (χ3v) is 3.10. The topological polar surface area (TPSA) is 18.5 Å². The van der Waals surface area contributed by atoms with Crippen LogP contribution in [0, 0.1) is 11.8 Å². The molecule has 2 nitrogen and oxygen atoms in total. The molecular weight excluding hydrogens is 200 g/mol. The Bertz CT molecular complexity index is 211. The van der Waals surface area contributed by atoms with Crippen molar-refractivity contribution in [2.24, 2.45) is 11.8 Å². The lowest BCUT2D eigenvalue weighted by atomic mass is 9.83. The number of hydrogen-bond acceptors (Lipinski definition) is 2. The van der Waals surface area contributed by atoms with Crippen LogP contribution in [0.5, 0.6) is 0 Å². The van der Waals surface area contributed by atoms with Crippen LogP contribution in [0.25, 0.3) is 0 Å². The molecule has 1 rings (SSSR count). The molecule has 1 saturated carbocycles. The van der Waals surface area contributed by atoms with Crippen molar-refractivity contribution >= 4 is 0 Å². The maximum atomic E-state index is 5.47. The Morgan fingerprint density at radius 1 is 0.875 bits per heavy atom. The van der Waals surface area contributed by atoms with Gasteiger partial charge in [-0.3, -0.25) is 0 Å². The molecule has 0 atom stereocenters. The van der Waals surface area contributed by atoms with Crippen LogP contribution in [0.15, 0.2) is 24.7 Å². The molecule has 0 N–H and O–H groups in total. The molecular formula is C14H24O2. The van der Waals surface area contributed by atoms with Gasteiger partial charge in [-0.2, -0.15) is 0 Å². The normalized spacial score (nSPS) is 24.9. The molecule has 2 heteroatoms. The molecule has 0 aromatic rings. The lowest BCUT2D eigenvalue weighted by molar-refractivity contribution is 0.0968. The van der Waals surface area contributed by atoms with E-state index in [-0.39, 0.29) is 0 Å². The highest BCUT2D eigenvalue weighted by molar-refractivity contribution is 4.79.